The Bertz CT molecular complexity index is 1990. The number of ether oxygens (including phenoxy) is 2. The Hall–Kier alpha value is -4.76. The van der Waals surface area contributed by atoms with Gasteiger partial charge in [0.1, 0.15) is 17.2 Å². The molecule has 6 aromatic rings. The summed E-state index contributed by atoms with van der Waals surface area (Å²) in [7, 11) is 0. The Morgan fingerprint density at radius 3 is 2.43 bits per heavy atom. The standard InChI is InChI=1S/C35H35N5O3S/c1-5-6-18-42-29-15-12-25(13-16-29)33-36-35-40(38-33)34(41)31(44-35)20-27-21-39(28-10-8-7-9-11-28)37-32(27)26-14-17-30(24(4)19-26)43-22-23(2)3/h7-17,19-21,23H,5-6,18,22H2,1-4H3. The van der Waals surface area contributed by atoms with Gasteiger partial charge >= 0.3 is 0 Å². The highest BCUT2D eigenvalue weighted by Gasteiger charge is 2.16. The molecule has 44 heavy (non-hydrogen) atoms. The summed E-state index contributed by atoms with van der Waals surface area (Å²) in [5, 5.41) is 9.49. The Kier molecular flexibility index (Phi) is 8.56. The number of fused-ring (bicyclic) bond motifs is 1. The first-order valence-corrected chi connectivity index (χ1v) is 15.7. The zero-order valence-electron chi connectivity index (χ0n) is 25.4. The van der Waals surface area contributed by atoms with Gasteiger partial charge in [0.2, 0.25) is 4.96 Å². The quantitative estimate of drug-likeness (QED) is 0.152. The zero-order chi connectivity index (χ0) is 30.6. The van der Waals surface area contributed by atoms with E-state index in [0.717, 1.165) is 58.0 Å². The maximum atomic E-state index is 13.5. The fourth-order valence-electron chi connectivity index (χ4n) is 4.78. The van der Waals surface area contributed by atoms with Gasteiger partial charge in [-0.1, -0.05) is 56.7 Å². The minimum atomic E-state index is -0.213. The molecule has 0 unspecified atom stereocenters. The molecule has 0 fully saturated rings. The number of unbranched alkanes of at least 4 members (excludes halogenated alkanes) is 1. The number of rotatable bonds is 11. The number of hydrogen-bond donors (Lipinski definition) is 0. The monoisotopic (exact) mass is 605 g/mol. The molecular weight excluding hydrogens is 570 g/mol. The minimum absolute atomic E-state index is 0.213. The van der Waals surface area contributed by atoms with E-state index in [1.165, 1.54) is 15.9 Å². The maximum absolute atomic E-state index is 13.5. The third-order valence-corrected chi connectivity index (χ3v) is 8.09. The Morgan fingerprint density at radius 1 is 0.955 bits per heavy atom. The molecule has 0 atom stereocenters. The van der Waals surface area contributed by atoms with Gasteiger partial charge in [-0.05, 0) is 85.5 Å². The van der Waals surface area contributed by atoms with Crippen LogP contribution in [-0.4, -0.2) is 37.6 Å². The lowest BCUT2D eigenvalue weighted by molar-refractivity contribution is 0.269. The third kappa shape index (κ3) is 6.28. The fourth-order valence-corrected chi connectivity index (χ4v) is 5.68. The fraction of sp³-hybridized carbons (Fsp3) is 0.257. The number of thiazole rings is 1. The highest BCUT2D eigenvalue weighted by molar-refractivity contribution is 7.15. The molecule has 6 rings (SSSR count). The van der Waals surface area contributed by atoms with Crippen LogP contribution in [0.2, 0.25) is 0 Å². The summed E-state index contributed by atoms with van der Waals surface area (Å²) in [5.74, 6) is 2.61. The van der Waals surface area contributed by atoms with Crippen LogP contribution >= 0.6 is 11.3 Å². The van der Waals surface area contributed by atoms with Crippen molar-refractivity contribution in [2.75, 3.05) is 13.2 Å². The van der Waals surface area contributed by atoms with Crippen molar-refractivity contribution in [2.45, 2.75) is 40.5 Å². The van der Waals surface area contributed by atoms with Crippen LogP contribution in [0.3, 0.4) is 0 Å². The molecule has 3 aromatic heterocycles. The van der Waals surface area contributed by atoms with Gasteiger partial charge in [-0.3, -0.25) is 4.79 Å². The summed E-state index contributed by atoms with van der Waals surface area (Å²) < 4.78 is 15.5. The predicted molar refractivity (Wildman–Crippen MR) is 176 cm³/mol. The number of aryl methyl sites for hydroxylation is 1. The summed E-state index contributed by atoms with van der Waals surface area (Å²) in [6, 6.07) is 23.7. The Morgan fingerprint density at radius 2 is 1.73 bits per heavy atom. The zero-order valence-corrected chi connectivity index (χ0v) is 26.2. The summed E-state index contributed by atoms with van der Waals surface area (Å²) in [4.78, 5) is 18.7. The van der Waals surface area contributed by atoms with E-state index in [4.69, 9.17) is 14.6 Å². The minimum Gasteiger partial charge on any atom is -0.494 e. The van der Waals surface area contributed by atoms with Crippen molar-refractivity contribution in [1.82, 2.24) is 24.4 Å². The van der Waals surface area contributed by atoms with Crippen LogP contribution < -0.4 is 19.6 Å². The van der Waals surface area contributed by atoms with Gasteiger partial charge < -0.3 is 9.47 Å². The van der Waals surface area contributed by atoms with Crippen molar-refractivity contribution in [3.8, 4) is 39.8 Å². The van der Waals surface area contributed by atoms with E-state index < -0.39 is 0 Å². The van der Waals surface area contributed by atoms with Crippen molar-refractivity contribution in [3.05, 3.63) is 105 Å². The van der Waals surface area contributed by atoms with Crippen LogP contribution in [0.1, 0.15) is 44.7 Å². The third-order valence-electron chi connectivity index (χ3n) is 7.13. The average molecular weight is 606 g/mol. The number of benzene rings is 3. The molecule has 0 bridgehead atoms. The summed E-state index contributed by atoms with van der Waals surface area (Å²) >= 11 is 1.31. The normalized spacial score (nSPS) is 12.0. The van der Waals surface area contributed by atoms with Crippen molar-refractivity contribution < 1.29 is 9.47 Å². The van der Waals surface area contributed by atoms with Gasteiger partial charge in [-0.15, -0.1) is 5.10 Å². The van der Waals surface area contributed by atoms with E-state index in [1.807, 2.05) is 90.6 Å². The largest absolute Gasteiger partial charge is 0.494 e. The summed E-state index contributed by atoms with van der Waals surface area (Å²) in [6.07, 6.45) is 5.93. The molecule has 0 aliphatic carbocycles. The molecule has 224 valence electrons. The van der Waals surface area contributed by atoms with Crippen molar-refractivity contribution in [2.24, 2.45) is 5.92 Å². The highest BCUT2D eigenvalue weighted by Crippen LogP contribution is 2.29. The molecule has 3 heterocycles. The first-order valence-electron chi connectivity index (χ1n) is 14.9. The highest BCUT2D eigenvalue weighted by atomic mass is 32.1. The number of nitrogens with zero attached hydrogens (tertiary/aromatic N) is 5. The topological polar surface area (TPSA) is 83.5 Å². The van der Waals surface area contributed by atoms with E-state index >= 15 is 0 Å². The molecule has 3 aromatic carbocycles. The van der Waals surface area contributed by atoms with E-state index in [1.54, 1.807) is 0 Å². The van der Waals surface area contributed by atoms with Crippen LogP contribution in [0.25, 0.3) is 39.4 Å². The van der Waals surface area contributed by atoms with E-state index in [9.17, 15) is 4.79 Å². The summed E-state index contributed by atoms with van der Waals surface area (Å²) in [6.45, 7) is 9.78. The van der Waals surface area contributed by atoms with Crippen LogP contribution in [0.15, 0.2) is 83.8 Å². The van der Waals surface area contributed by atoms with Gasteiger partial charge in [0.25, 0.3) is 5.56 Å². The molecule has 0 N–H and O–H groups in total. The molecule has 0 spiro atoms. The lowest BCUT2D eigenvalue weighted by Crippen LogP contribution is -2.23. The molecule has 9 heteroatoms. The second-order valence-electron chi connectivity index (χ2n) is 11.2. The molecule has 0 saturated carbocycles. The second-order valence-corrected chi connectivity index (χ2v) is 12.2. The summed E-state index contributed by atoms with van der Waals surface area (Å²) in [5.41, 5.74) is 5.11. The molecule has 0 saturated heterocycles. The van der Waals surface area contributed by atoms with Crippen LogP contribution in [0, 0.1) is 12.8 Å². The predicted octanol–water partition coefficient (Wildman–Crippen LogP) is 6.74. The van der Waals surface area contributed by atoms with Crippen LogP contribution in [0.5, 0.6) is 11.5 Å². The van der Waals surface area contributed by atoms with Gasteiger partial charge in [0.15, 0.2) is 5.82 Å². The van der Waals surface area contributed by atoms with Crippen molar-refractivity contribution in [1.29, 1.82) is 0 Å². The second kappa shape index (κ2) is 12.9. The van der Waals surface area contributed by atoms with Gasteiger partial charge in [0, 0.05) is 22.9 Å². The van der Waals surface area contributed by atoms with E-state index in [-0.39, 0.29) is 5.56 Å². The van der Waals surface area contributed by atoms with Gasteiger partial charge in [0.05, 0.1) is 23.4 Å². The lowest BCUT2D eigenvalue weighted by Gasteiger charge is -2.12. The smallest absolute Gasteiger partial charge is 0.291 e. The molecule has 0 amide bonds. The number of para-hydroxylation sites is 1. The molecule has 0 aliphatic rings. The molecule has 0 radical (unpaired) electrons. The van der Waals surface area contributed by atoms with Crippen molar-refractivity contribution >= 4 is 22.4 Å². The first kappa shape index (κ1) is 29.3. The molecule has 0 aliphatic heterocycles. The van der Waals surface area contributed by atoms with Gasteiger partial charge in [-0.2, -0.15) is 14.6 Å². The number of hydrogen-bond acceptors (Lipinski definition) is 7. The van der Waals surface area contributed by atoms with E-state index in [0.29, 0.717) is 34.4 Å². The van der Waals surface area contributed by atoms with Crippen LogP contribution in [-0.2, 0) is 0 Å². The Balaban J connectivity index is 1.36. The SMILES string of the molecule is CCCCOc1ccc(-c2nc3sc(=Cc4cn(-c5ccccc5)nc4-c4ccc(OCC(C)C)c(C)c4)c(=O)n3n2)cc1. The molecular formula is C35H35N5O3S. The average Bonchev–Trinajstić information content (AvgIpc) is 3.72. The van der Waals surface area contributed by atoms with E-state index in [2.05, 4.69) is 36.9 Å². The number of aromatic nitrogens is 5. The Labute approximate surface area is 260 Å². The maximum Gasteiger partial charge on any atom is 0.291 e. The first-order chi connectivity index (χ1) is 21.4. The van der Waals surface area contributed by atoms with Crippen LogP contribution in [0.4, 0.5) is 0 Å². The lowest BCUT2D eigenvalue weighted by atomic mass is 10.0. The molecule has 8 nitrogen and oxygen atoms in total. The van der Waals surface area contributed by atoms with Gasteiger partial charge in [-0.25, -0.2) is 4.68 Å². The van der Waals surface area contributed by atoms with Crippen molar-refractivity contribution in [3.63, 3.8) is 0 Å².